The zero-order valence-electron chi connectivity index (χ0n) is 21.2. The van der Waals surface area contributed by atoms with Crippen LogP contribution in [0.25, 0.3) is 22.8 Å². The van der Waals surface area contributed by atoms with Crippen LogP contribution in [0.2, 0.25) is 0 Å². The molecule has 2 heterocycles. The third kappa shape index (κ3) is 7.06. The van der Waals surface area contributed by atoms with Crippen molar-refractivity contribution in [2.45, 2.75) is 26.4 Å². The highest BCUT2D eigenvalue weighted by Crippen LogP contribution is 2.26. The minimum Gasteiger partial charge on any atom is -0.492 e. The van der Waals surface area contributed by atoms with Gasteiger partial charge < -0.3 is 14.2 Å². The quantitative estimate of drug-likeness (QED) is 0.118. The fourth-order valence-corrected chi connectivity index (χ4v) is 3.26. The predicted molar refractivity (Wildman–Crippen MR) is 139 cm³/mol. The Hall–Kier alpha value is -4.41. The molecular formula is C26H29F2N7O2. The standard InChI is InChI=1S/C26H29F2N7O2/c1-7-19(24(27)28)11-8-17(2)36-16-22-21(15-30-35(22)6)26-31-25(33-37-26)20-12-9-18(10-13-20)14-23(32-29-3)34(4)5/h7-13,15,24H,1,3,14,16H2,2,4-6H3/b17-8+,19-11+,32-23-. The molecule has 0 fully saturated rings. The molecule has 0 unspecified atom stereocenters. The van der Waals surface area contributed by atoms with Crippen molar-refractivity contribution in [2.75, 3.05) is 14.1 Å². The first-order valence-electron chi connectivity index (χ1n) is 11.3. The maximum atomic E-state index is 12.8. The SMILES string of the molecule is C=C/C(=C\C=C(/C)OCc1c(-c2nc(-c3ccc(C/C(=N/N=C)N(C)C)cc3)no2)cnn1C)C(F)F. The van der Waals surface area contributed by atoms with Crippen LogP contribution in [0.3, 0.4) is 0 Å². The number of aromatic nitrogens is 4. The summed E-state index contributed by atoms with van der Waals surface area (Å²) in [6.07, 6.45) is 3.46. The number of amidine groups is 1. The summed E-state index contributed by atoms with van der Waals surface area (Å²) in [5, 5.41) is 16.1. The number of halogens is 2. The van der Waals surface area contributed by atoms with Gasteiger partial charge in [0.25, 0.3) is 12.3 Å². The summed E-state index contributed by atoms with van der Waals surface area (Å²) in [4.78, 5) is 6.42. The average molecular weight is 510 g/mol. The van der Waals surface area contributed by atoms with Crippen molar-refractivity contribution < 1.29 is 18.0 Å². The van der Waals surface area contributed by atoms with Crippen LogP contribution < -0.4 is 0 Å². The summed E-state index contributed by atoms with van der Waals surface area (Å²) in [5.41, 5.74) is 2.95. The van der Waals surface area contributed by atoms with Gasteiger partial charge in [-0.05, 0) is 18.6 Å². The van der Waals surface area contributed by atoms with Crippen molar-refractivity contribution in [1.82, 2.24) is 24.8 Å². The zero-order chi connectivity index (χ0) is 26.9. The van der Waals surface area contributed by atoms with E-state index >= 15 is 0 Å². The van der Waals surface area contributed by atoms with E-state index in [0.29, 0.717) is 29.3 Å². The van der Waals surface area contributed by atoms with Crippen molar-refractivity contribution in [3.8, 4) is 22.8 Å². The molecule has 11 heteroatoms. The van der Waals surface area contributed by atoms with Crippen LogP contribution in [0.1, 0.15) is 18.2 Å². The number of likely N-dealkylation sites (N-methyl/N-ethyl adjacent to an activating group) is 1. The van der Waals surface area contributed by atoms with E-state index in [1.807, 2.05) is 43.3 Å². The highest BCUT2D eigenvalue weighted by Gasteiger charge is 2.18. The molecule has 0 aliphatic rings. The largest absolute Gasteiger partial charge is 0.492 e. The predicted octanol–water partition coefficient (Wildman–Crippen LogP) is 5.05. The molecule has 37 heavy (non-hydrogen) atoms. The lowest BCUT2D eigenvalue weighted by atomic mass is 10.1. The highest BCUT2D eigenvalue weighted by molar-refractivity contribution is 5.84. The van der Waals surface area contributed by atoms with Gasteiger partial charge in [-0.1, -0.05) is 48.2 Å². The van der Waals surface area contributed by atoms with Gasteiger partial charge in [0, 0.05) is 45.4 Å². The van der Waals surface area contributed by atoms with Gasteiger partial charge in [0.05, 0.1) is 23.2 Å². The van der Waals surface area contributed by atoms with Gasteiger partial charge in [-0.3, -0.25) is 4.68 Å². The fraction of sp³-hybridized carbons (Fsp3) is 0.269. The minimum absolute atomic E-state index is 0.127. The van der Waals surface area contributed by atoms with Gasteiger partial charge in [-0.2, -0.15) is 15.2 Å². The molecule has 0 aliphatic heterocycles. The molecule has 9 nitrogen and oxygen atoms in total. The van der Waals surface area contributed by atoms with E-state index in [-0.39, 0.29) is 18.1 Å². The van der Waals surface area contributed by atoms with E-state index in [1.54, 1.807) is 24.9 Å². The van der Waals surface area contributed by atoms with Crippen LogP contribution in [0.4, 0.5) is 8.78 Å². The maximum Gasteiger partial charge on any atom is 0.263 e. The van der Waals surface area contributed by atoms with Crippen LogP contribution in [0, 0.1) is 0 Å². The highest BCUT2D eigenvalue weighted by atomic mass is 19.3. The average Bonchev–Trinajstić information content (AvgIpc) is 3.49. The molecule has 0 saturated heterocycles. The molecule has 0 spiro atoms. The molecule has 0 saturated carbocycles. The third-order valence-corrected chi connectivity index (χ3v) is 5.43. The Morgan fingerprint density at radius 1 is 1.24 bits per heavy atom. The van der Waals surface area contributed by atoms with E-state index in [9.17, 15) is 8.78 Å². The monoisotopic (exact) mass is 509 g/mol. The van der Waals surface area contributed by atoms with Crippen molar-refractivity contribution in [2.24, 2.45) is 17.3 Å². The summed E-state index contributed by atoms with van der Waals surface area (Å²) in [6.45, 7) is 8.61. The van der Waals surface area contributed by atoms with Gasteiger partial charge in [-0.25, -0.2) is 8.78 Å². The second-order valence-electron chi connectivity index (χ2n) is 8.21. The second-order valence-corrected chi connectivity index (χ2v) is 8.21. The van der Waals surface area contributed by atoms with E-state index in [1.165, 1.54) is 12.2 Å². The Morgan fingerprint density at radius 2 is 1.97 bits per heavy atom. The van der Waals surface area contributed by atoms with Crippen molar-refractivity contribution >= 4 is 12.6 Å². The molecule has 0 N–H and O–H groups in total. The summed E-state index contributed by atoms with van der Waals surface area (Å²) < 4.78 is 38.6. The molecule has 0 radical (unpaired) electrons. The summed E-state index contributed by atoms with van der Waals surface area (Å²) >= 11 is 0. The number of allylic oxidation sites excluding steroid dienone is 5. The summed E-state index contributed by atoms with van der Waals surface area (Å²) in [7, 11) is 5.56. The van der Waals surface area contributed by atoms with Gasteiger partial charge in [0.2, 0.25) is 5.82 Å². The van der Waals surface area contributed by atoms with Gasteiger partial charge in [0.15, 0.2) is 0 Å². The van der Waals surface area contributed by atoms with Crippen LogP contribution in [-0.4, -0.2) is 57.9 Å². The fourth-order valence-electron chi connectivity index (χ4n) is 3.26. The molecule has 1 aromatic carbocycles. The maximum absolute atomic E-state index is 12.8. The number of hydrogen-bond donors (Lipinski definition) is 0. The number of ether oxygens (including phenoxy) is 1. The Labute approximate surface area is 214 Å². The van der Waals surface area contributed by atoms with E-state index < -0.39 is 6.43 Å². The molecule has 0 amide bonds. The van der Waals surface area contributed by atoms with E-state index in [2.05, 4.69) is 38.7 Å². The lowest BCUT2D eigenvalue weighted by Gasteiger charge is -2.14. The summed E-state index contributed by atoms with van der Waals surface area (Å²) in [5.74, 6) is 1.95. The topological polar surface area (TPSA) is 93.9 Å². The Kier molecular flexibility index (Phi) is 9.20. The number of nitrogens with zero attached hydrogens (tertiary/aromatic N) is 7. The number of hydrogen-bond acceptors (Lipinski definition) is 7. The number of alkyl halides is 2. The molecular weight excluding hydrogens is 480 g/mol. The number of rotatable bonds is 11. The van der Waals surface area contributed by atoms with Crippen LogP contribution in [-0.2, 0) is 24.8 Å². The molecule has 194 valence electrons. The normalized spacial score (nSPS) is 12.7. The number of aryl methyl sites for hydroxylation is 1. The van der Waals surface area contributed by atoms with Gasteiger partial charge in [0.1, 0.15) is 12.4 Å². The molecule has 3 rings (SSSR count). The van der Waals surface area contributed by atoms with Gasteiger partial charge in [-0.15, -0.1) is 5.10 Å². The molecule has 0 bridgehead atoms. The van der Waals surface area contributed by atoms with Crippen LogP contribution in [0.5, 0.6) is 0 Å². The minimum atomic E-state index is -2.60. The summed E-state index contributed by atoms with van der Waals surface area (Å²) in [6, 6.07) is 7.74. The van der Waals surface area contributed by atoms with Crippen LogP contribution >= 0.6 is 0 Å². The Morgan fingerprint density at radius 3 is 2.59 bits per heavy atom. The third-order valence-electron chi connectivity index (χ3n) is 5.43. The molecule has 0 atom stereocenters. The Bertz CT molecular complexity index is 1320. The Balaban J connectivity index is 1.74. The smallest absolute Gasteiger partial charge is 0.263 e. The van der Waals surface area contributed by atoms with Gasteiger partial charge >= 0.3 is 0 Å². The zero-order valence-corrected chi connectivity index (χ0v) is 21.2. The van der Waals surface area contributed by atoms with Crippen LogP contribution in [0.15, 0.2) is 81.3 Å². The van der Waals surface area contributed by atoms with E-state index in [0.717, 1.165) is 23.0 Å². The molecule has 3 aromatic rings. The van der Waals surface area contributed by atoms with Crippen molar-refractivity contribution in [1.29, 1.82) is 0 Å². The first-order chi connectivity index (χ1) is 17.7. The van der Waals surface area contributed by atoms with Crippen molar-refractivity contribution in [3.63, 3.8) is 0 Å². The van der Waals surface area contributed by atoms with Crippen molar-refractivity contribution in [3.05, 3.63) is 77.9 Å². The first kappa shape index (κ1) is 27.2. The second kappa shape index (κ2) is 12.5. The molecule has 0 aliphatic carbocycles. The first-order valence-corrected chi connectivity index (χ1v) is 11.3. The molecule has 2 aromatic heterocycles. The lowest BCUT2D eigenvalue weighted by Crippen LogP contribution is -2.23. The number of benzene rings is 1. The lowest BCUT2D eigenvalue weighted by molar-refractivity contribution is 0.191. The van der Waals surface area contributed by atoms with E-state index in [4.69, 9.17) is 9.26 Å².